The molecular formula is C12H10BrNO3. The van der Waals surface area contributed by atoms with E-state index in [1.165, 1.54) is 7.11 Å². The summed E-state index contributed by atoms with van der Waals surface area (Å²) < 4.78 is 10.3. The lowest BCUT2D eigenvalue weighted by molar-refractivity contribution is 0.120. The quantitative estimate of drug-likeness (QED) is 0.756. The van der Waals surface area contributed by atoms with Gasteiger partial charge in [0.2, 0.25) is 5.88 Å². The molecule has 0 bridgehead atoms. The molecule has 5 heteroatoms. The fourth-order valence-electron chi connectivity index (χ4n) is 1.51. The summed E-state index contributed by atoms with van der Waals surface area (Å²) >= 11 is 3.40. The summed E-state index contributed by atoms with van der Waals surface area (Å²) in [5.41, 5.74) is 1.75. The van der Waals surface area contributed by atoms with E-state index in [-0.39, 0.29) is 5.88 Å². The van der Waals surface area contributed by atoms with Gasteiger partial charge < -0.3 is 9.47 Å². The first-order valence-electron chi connectivity index (χ1n) is 4.93. The maximum absolute atomic E-state index is 11.0. The van der Waals surface area contributed by atoms with E-state index in [0.29, 0.717) is 0 Å². The molecular weight excluding hydrogens is 286 g/mol. The van der Waals surface area contributed by atoms with Crippen LogP contribution in [-0.4, -0.2) is 18.2 Å². The maximum atomic E-state index is 11.0. The first-order chi connectivity index (χ1) is 8.10. The third-order valence-corrected chi connectivity index (χ3v) is 2.80. The Morgan fingerprint density at radius 2 is 2.12 bits per heavy atom. The highest BCUT2D eigenvalue weighted by Crippen LogP contribution is 2.24. The Bertz CT molecular complexity index is 583. The number of methoxy groups -OCH3 is 1. The molecule has 17 heavy (non-hydrogen) atoms. The third-order valence-electron chi connectivity index (χ3n) is 2.31. The summed E-state index contributed by atoms with van der Waals surface area (Å²) in [6.45, 7) is 1.93. The summed E-state index contributed by atoms with van der Waals surface area (Å²) in [6.07, 6.45) is -0.770. The van der Waals surface area contributed by atoms with Crippen LogP contribution >= 0.6 is 15.9 Å². The van der Waals surface area contributed by atoms with Crippen LogP contribution in [0, 0.1) is 6.92 Å². The molecule has 0 spiro atoms. The number of hydrogen-bond acceptors (Lipinski definition) is 4. The van der Waals surface area contributed by atoms with Gasteiger partial charge in [0.25, 0.3) is 0 Å². The van der Waals surface area contributed by atoms with Crippen LogP contribution in [0.1, 0.15) is 5.56 Å². The molecule has 1 aromatic carbocycles. The van der Waals surface area contributed by atoms with Gasteiger partial charge in [-0.15, -0.1) is 0 Å². The second kappa shape index (κ2) is 4.71. The first-order valence-corrected chi connectivity index (χ1v) is 5.72. The molecule has 2 aromatic rings. The molecule has 0 unspecified atom stereocenters. The number of hydrogen-bond donors (Lipinski definition) is 0. The molecule has 88 valence electrons. The minimum absolute atomic E-state index is 0.240. The first kappa shape index (κ1) is 11.9. The van der Waals surface area contributed by atoms with E-state index in [1.807, 2.05) is 25.1 Å². The number of pyridine rings is 1. The molecule has 0 fully saturated rings. The van der Waals surface area contributed by atoms with Crippen molar-refractivity contribution < 1.29 is 14.3 Å². The van der Waals surface area contributed by atoms with Gasteiger partial charge in [-0.3, -0.25) is 0 Å². The lowest BCUT2D eigenvalue weighted by Gasteiger charge is -2.06. The Kier molecular flexibility index (Phi) is 3.28. The standard InChI is InChI=1S/C12H10BrNO3/c1-7-5-11(17-12(15)16-2)14-10-4-3-8(13)6-9(7)10/h3-6H,1-2H3. The fourth-order valence-corrected chi connectivity index (χ4v) is 1.88. The number of aryl methyl sites for hydroxylation is 1. The van der Waals surface area contributed by atoms with Crippen LogP contribution in [0.25, 0.3) is 10.9 Å². The van der Waals surface area contributed by atoms with E-state index in [4.69, 9.17) is 4.74 Å². The van der Waals surface area contributed by atoms with Crippen LogP contribution in [0.2, 0.25) is 0 Å². The molecule has 0 aliphatic carbocycles. The molecule has 0 aliphatic heterocycles. The fraction of sp³-hybridized carbons (Fsp3) is 0.167. The summed E-state index contributed by atoms with van der Waals surface area (Å²) in [5.74, 6) is 0.240. The van der Waals surface area contributed by atoms with Gasteiger partial charge in [0.15, 0.2) is 0 Å². The van der Waals surface area contributed by atoms with Crippen LogP contribution < -0.4 is 4.74 Å². The van der Waals surface area contributed by atoms with Crippen molar-refractivity contribution in [2.24, 2.45) is 0 Å². The van der Waals surface area contributed by atoms with Gasteiger partial charge >= 0.3 is 6.16 Å². The average Bonchev–Trinajstić information content (AvgIpc) is 2.30. The summed E-state index contributed by atoms with van der Waals surface area (Å²) in [6, 6.07) is 7.42. The van der Waals surface area contributed by atoms with Gasteiger partial charge in [0, 0.05) is 15.9 Å². The highest BCUT2D eigenvalue weighted by atomic mass is 79.9. The SMILES string of the molecule is COC(=O)Oc1cc(C)c2cc(Br)ccc2n1. The minimum atomic E-state index is -0.770. The molecule has 1 aromatic heterocycles. The normalized spacial score (nSPS) is 10.3. The molecule has 0 radical (unpaired) electrons. The number of ether oxygens (including phenoxy) is 2. The lowest BCUT2D eigenvalue weighted by atomic mass is 10.1. The zero-order chi connectivity index (χ0) is 12.4. The lowest BCUT2D eigenvalue weighted by Crippen LogP contribution is -2.08. The van der Waals surface area contributed by atoms with E-state index in [2.05, 4.69) is 25.7 Å². The average molecular weight is 296 g/mol. The zero-order valence-corrected chi connectivity index (χ0v) is 10.9. The summed E-state index contributed by atoms with van der Waals surface area (Å²) in [5, 5.41) is 1.01. The van der Waals surface area contributed by atoms with E-state index in [9.17, 15) is 4.79 Å². The molecule has 0 amide bonds. The summed E-state index contributed by atoms with van der Waals surface area (Å²) in [4.78, 5) is 15.2. The predicted molar refractivity (Wildman–Crippen MR) is 67.2 cm³/mol. The minimum Gasteiger partial charge on any atom is -0.437 e. The molecule has 0 N–H and O–H groups in total. The number of carbonyl (C=O) groups excluding carboxylic acids is 1. The Hall–Kier alpha value is -1.62. The monoisotopic (exact) mass is 295 g/mol. The second-order valence-electron chi connectivity index (χ2n) is 3.50. The largest absolute Gasteiger partial charge is 0.514 e. The maximum Gasteiger partial charge on any atom is 0.514 e. The molecule has 1 heterocycles. The molecule has 0 atom stereocenters. The van der Waals surface area contributed by atoms with Crippen LogP contribution in [0.4, 0.5) is 4.79 Å². The van der Waals surface area contributed by atoms with Crippen molar-refractivity contribution in [2.45, 2.75) is 6.92 Å². The van der Waals surface area contributed by atoms with E-state index in [1.54, 1.807) is 6.07 Å². The number of rotatable bonds is 1. The molecule has 0 saturated carbocycles. The van der Waals surface area contributed by atoms with Gasteiger partial charge in [-0.2, -0.15) is 0 Å². The Balaban J connectivity index is 2.48. The number of aromatic nitrogens is 1. The van der Waals surface area contributed by atoms with Gasteiger partial charge in [0.05, 0.1) is 12.6 Å². The van der Waals surface area contributed by atoms with Crippen molar-refractivity contribution in [2.75, 3.05) is 7.11 Å². The van der Waals surface area contributed by atoms with Gasteiger partial charge in [-0.1, -0.05) is 15.9 Å². The Labute approximate surface area is 107 Å². The van der Waals surface area contributed by atoms with Crippen LogP contribution in [-0.2, 0) is 4.74 Å². The summed E-state index contributed by atoms with van der Waals surface area (Å²) in [7, 11) is 1.26. The number of halogens is 1. The van der Waals surface area contributed by atoms with Crippen LogP contribution in [0.3, 0.4) is 0 Å². The van der Waals surface area contributed by atoms with Crippen molar-refractivity contribution in [3.8, 4) is 5.88 Å². The predicted octanol–water partition coefficient (Wildman–Crippen LogP) is 3.45. The van der Waals surface area contributed by atoms with Gasteiger partial charge in [0.1, 0.15) is 0 Å². The van der Waals surface area contributed by atoms with Crippen molar-refractivity contribution in [3.05, 3.63) is 34.3 Å². The van der Waals surface area contributed by atoms with E-state index in [0.717, 1.165) is 20.9 Å². The third kappa shape index (κ3) is 2.55. The number of benzene rings is 1. The Morgan fingerprint density at radius 3 is 2.82 bits per heavy atom. The molecule has 4 nitrogen and oxygen atoms in total. The molecule has 2 rings (SSSR count). The van der Waals surface area contributed by atoms with Crippen molar-refractivity contribution in [1.82, 2.24) is 4.98 Å². The molecule has 0 saturated heterocycles. The van der Waals surface area contributed by atoms with Crippen molar-refractivity contribution >= 4 is 33.0 Å². The molecule has 0 aliphatic rings. The van der Waals surface area contributed by atoms with E-state index < -0.39 is 6.16 Å². The van der Waals surface area contributed by atoms with E-state index >= 15 is 0 Å². The Morgan fingerprint density at radius 1 is 1.35 bits per heavy atom. The number of carbonyl (C=O) groups is 1. The zero-order valence-electron chi connectivity index (χ0n) is 9.36. The number of fused-ring (bicyclic) bond motifs is 1. The highest BCUT2D eigenvalue weighted by molar-refractivity contribution is 9.10. The van der Waals surface area contributed by atoms with Crippen molar-refractivity contribution in [1.29, 1.82) is 0 Å². The topological polar surface area (TPSA) is 48.4 Å². The number of nitrogens with zero attached hydrogens (tertiary/aromatic N) is 1. The van der Waals surface area contributed by atoms with Gasteiger partial charge in [-0.05, 0) is 30.7 Å². The van der Waals surface area contributed by atoms with Crippen LogP contribution in [0.15, 0.2) is 28.7 Å². The van der Waals surface area contributed by atoms with Crippen LogP contribution in [0.5, 0.6) is 5.88 Å². The smallest absolute Gasteiger partial charge is 0.437 e. The second-order valence-corrected chi connectivity index (χ2v) is 4.41. The van der Waals surface area contributed by atoms with Crippen molar-refractivity contribution in [3.63, 3.8) is 0 Å². The highest BCUT2D eigenvalue weighted by Gasteiger charge is 2.08. The van der Waals surface area contributed by atoms with Gasteiger partial charge in [-0.25, -0.2) is 9.78 Å².